The van der Waals surface area contributed by atoms with Crippen molar-refractivity contribution in [2.24, 2.45) is 21.1 Å². The number of fused-ring (bicyclic) bond motifs is 2. The van der Waals surface area contributed by atoms with E-state index in [2.05, 4.69) is 25.6 Å². The molecular formula is C24H20N8O. The molecule has 33 heavy (non-hydrogen) atoms. The van der Waals surface area contributed by atoms with Crippen LogP contribution in [-0.4, -0.2) is 38.2 Å². The van der Waals surface area contributed by atoms with Crippen molar-refractivity contribution in [3.05, 3.63) is 78.1 Å². The summed E-state index contributed by atoms with van der Waals surface area (Å²) in [4.78, 5) is 30.0. The Kier molecular flexibility index (Phi) is 4.06. The number of aromatic nitrogens is 8. The van der Waals surface area contributed by atoms with Crippen LogP contribution in [0.15, 0.2) is 72.4 Å². The lowest BCUT2D eigenvalue weighted by molar-refractivity contribution is 0.795. The van der Waals surface area contributed by atoms with Gasteiger partial charge in [-0.15, -0.1) is 0 Å². The summed E-state index contributed by atoms with van der Waals surface area (Å²) in [6, 6.07) is 12.2. The Balaban J connectivity index is 1.65. The molecule has 2 aromatic carbocycles. The van der Waals surface area contributed by atoms with Crippen LogP contribution in [0.5, 0.6) is 0 Å². The van der Waals surface area contributed by atoms with Gasteiger partial charge in [-0.1, -0.05) is 6.07 Å². The fourth-order valence-electron chi connectivity index (χ4n) is 4.35. The van der Waals surface area contributed by atoms with Crippen LogP contribution in [0.25, 0.3) is 50.4 Å². The van der Waals surface area contributed by atoms with Crippen molar-refractivity contribution in [3.8, 4) is 28.3 Å². The summed E-state index contributed by atoms with van der Waals surface area (Å²) in [5.74, 6) is 0.770. The first-order chi connectivity index (χ1) is 16.0. The van der Waals surface area contributed by atoms with Gasteiger partial charge in [0.15, 0.2) is 5.82 Å². The van der Waals surface area contributed by atoms with E-state index < -0.39 is 0 Å². The Morgan fingerprint density at radius 3 is 2.27 bits per heavy atom. The molecule has 0 atom stereocenters. The molecule has 6 aromatic rings. The lowest BCUT2D eigenvalue weighted by atomic mass is 10.1. The van der Waals surface area contributed by atoms with E-state index in [1.165, 1.54) is 6.33 Å². The molecule has 0 N–H and O–H groups in total. The number of hydrogen-bond acceptors (Lipinski definition) is 5. The maximum atomic E-state index is 12.5. The Labute approximate surface area is 188 Å². The second-order valence-electron chi connectivity index (χ2n) is 8.06. The number of rotatable bonds is 3. The van der Waals surface area contributed by atoms with Gasteiger partial charge in [0.05, 0.1) is 34.6 Å². The molecule has 0 fully saturated rings. The second kappa shape index (κ2) is 6.99. The third kappa shape index (κ3) is 2.82. The number of aryl methyl sites for hydroxylation is 3. The number of hydrogen-bond donors (Lipinski definition) is 0. The Morgan fingerprint density at radius 2 is 1.52 bits per heavy atom. The Bertz CT molecular complexity index is 1720. The van der Waals surface area contributed by atoms with E-state index in [-0.39, 0.29) is 5.69 Å². The minimum Gasteiger partial charge on any atom is -0.331 e. The van der Waals surface area contributed by atoms with E-state index in [0.717, 1.165) is 50.4 Å². The smallest absolute Gasteiger partial charge is 0.328 e. The van der Waals surface area contributed by atoms with E-state index in [4.69, 9.17) is 4.98 Å². The van der Waals surface area contributed by atoms with Crippen molar-refractivity contribution >= 4 is 22.1 Å². The Hall–Kier alpha value is -4.53. The van der Waals surface area contributed by atoms with Crippen LogP contribution < -0.4 is 5.69 Å². The van der Waals surface area contributed by atoms with Gasteiger partial charge in [-0.3, -0.25) is 13.7 Å². The van der Waals surface area contributed by atoms with Crippen molar-refractivity contribution in [3.63, 3.8) is 0 Å². The summed E-state index contributed by atoms with van der Waals surface area (Å²) >= 11 is 0. The van der Waals surface area contributed by atoms with Gasteiger partial charge in [-0.2, -0.15) is 0 Å². The van der Waals surface area contributed by atoms with Crippen LogP contribution in [0.2, 0.25) is 0 Å². The molecule has 0 aliphatic carbocycles. The summed E-state index contributed by atoms with van der Waals surface area (Å²) in [6.07, 6.45) is 8.66. The van der Waals surface area contributed by atoms with E-state index >= 15 is 0 Å². The van der Waals surface area contributed by atoms with Gasteiger partial charge >= 0.3 is 5.69 Å². The highest BCUT2D eigenvalue weighted by Gasteiger charge is 2.19. The van der Waals surface area contributed by atoms with Crippen molar-refractivity contribution in [2.45, 2.75) is 0 Å². The topological polar surface area (TPSA) is 88.3 Å². The zero-order chi connectivity index (χ0) is 22.7. The number of imidazole rings is 3. The molecule has 9 nitrogen and oxygen atoms in total. The first kappa shape index (κ1) is 19.2. The summed E-state index contributed by atoms with van der Waals surface area (Å²) in [7, 11) is 5.52. The van der Waals surface area contributed by atoms with Gasteiger partial charge < -0.3 is 4.57 Å². The molecule has 0 aliphatic heterocycles. The first-order valence-electron chi connectivity index (χ1n) is 10.4. The molecule has 0 saturated heterocycles. The van der Waals surface area contributed by atoms with Crippen molar-refractivity contribution < 1.29 is 0 Å². The first-order valence-corrected chi connectivity index (χ1v) is 10.4. The van der Waals surface area contributed by atoms with Crippen molar-refractivity contribution in [1.29, 1.82) is 0 Å². The third-order valence-electron chi connectivity index (χ3n) is 6.11. The normalized spacial score (nSPS) is 11.6. The molecule has 0 radical (unpaired) electrons. The fourth-order valence-corrected chi connectivity index (χ4v) is 4.35. The van der Waals surface area contributed by atoms with Crippen LogP contribution in [0.1, 0.15) is 0 Å². The summed E-state index contributed by atoms with van der Waals surface area (Å²) in [5, 5.41) is 0. The lowest BCUT2D eigenvalue weighted by Gasteiger charge is -2.11. The van der Waals surface area contributed by atoms with Gasteiger partial charge in [-0.05, 0) is 35.9 Å². The standard InChI is InChI=1S/C24H20N8O/c1-29-14-27-12-22(29)23-28-18-8-15(16-10-25-13-26-11-16)4-6-19(18)32(23)17-5-7-20-21(9-17)31(3)24(33)30(20)2/h4-14H,1-3H3. The highest BCUT2D eigenvalue weighted by molar-refractivity contribution is 5.88. The molecule has 0 spiro atoms. The molecule has 0 unspecified atom stereocenters. The summed E-state index contributed by atoms with van der Waals surface area (Å²) < 4.78 is 7.37. The zero-order valence-electron chi connectivity index (χ0n) is 18.3. The molecule has 4 heterocycles. The third-order valence-corrected chi connectivity index (χ3v) is 6.11. The minimum absolute atomic E-state index is 0.0563. The van der Waals surface area contributed by atoms with E-state index in [1.807, 2.05) is 41.9 Å². The molecule has 0 aliphatic rings. The number of nitrogens with zero attached hydrogens (tertiary/aromatic N) is 8. The zero-order valence-corrected chi connectivity index (χ0v) is 18.3. The Morgan fingerprint density at radius 1 is 0.758 bits per heavy atom. The maximum absolute atomic E-state index is 12.5. The predicted octanol–water partition coefficient (Wildman–Crippen LogP) is 3.07. The summed E-state index contributed by atoms with van der Waals surface area (Å²) in [5.41, 5.74) is 7.19. The average molecular weight is 436 g/mol. The van der Waals surface area contributed by atoms with Crippen molar-refractivity contribution in [2.75, 3.05) is 0 Å². The monoisotopic (exact) mass is 436 g/mol. The van der Waals surface area contributed by atoms with Gasteiger partial charge in [0.1, 0.15) is 12.0 Å². The molecule has 162 valence electrons. The SMILES string of the molecule is Cn1cncc1-c1nc2cc(-c3cncnc3)ccc2n1-c1ccc2c(c1)n(C)c(=O)n2C. The summed E-state index contributed by atoms with van der Waals surface area (Å²) in [6.45, 7) is 0. The molecular weight excluding hydrogens is 416 g/mol. The lowest BCUT2D eigenvalue weighted by Crippen LogP contribution is -2.19. The second-order valence-corrected chi connectivity index (χ2v) is 8.06. The van der Waals surface area contributed by atoms with E-state index in [1.54, 1.807) is 48.1 Å². The fraction of sp³-hybridized carbons (Fsp3) is 0.125. The van der Waals surface area contributed by atoms with Crippen LogP contribution in [0.3, 0.4) is 0 Å². The molecule has 6 rings (SSSR count). The largest absolute Gasteiger partial charge is 0.331 e. The van der Waals surface area contributed by atoms with Crippen LogP contribution in [-0.2, 0) is 21.1 Å². The highest BCUT2D eigenvalue weighted by Crippen LogP contribution is 2.32. The van der Waals surface area contributed by atoms with Gasteiger partial charge in [0, 0.05) is 44.8 Å². The molecule has 0 bridgehead atoms. The molecule has 4 aromatic heterocycles. The predicted molar refractivity (Wildman–Crippen MR) is 126 cm³/mol. The quantitative estimate of drug-likeness (QED) is 0.425. The molecule has 0 saturated carbocycles. The van der Waals surface area contributed by atoms with Crippen LogP contribution in [0.4, 0.5) is 0 Å². The van der Waals surface area contributed by atoms with E-state index in [9.17, 15) is 4.79 Å². The van der Waals surface area contributed by atoms with Crippen molar-refractivity contribution in [1.82, 2.24) is 38.2 Å². The molecule has 9 heteroatoms. The van der Waals surface area contributed by atoms with Gasteiger partial charge in [0.2, 0.25) is 0 Å². The van der Waals surface area contributed by atoms with Crippen LogP contribution in [0, 0.1) is 0 Å². The molecule has 0 amide bonds. The van der Waals surface area contributed by atoms with Gasteiger partial charge in [-0.25, -0.2) is 24.7 Å². The minimum atomic E-state index is -0.0563. The van der Waals surface area contributed by atoms with E-state index in [0.29, 0.717) is 0 Å². The highest BCUT2D eigenvalue weighted by atomic mass is 16.1. The number of benzene rings is 2. The average Bonchev–Trinajstić information content (AvgIpc) is 3.50. The maximum Gasteiger partial charge on any atom is 0.328 e. The van der Waals surface area contributed by atoms with Crippen LogP contribution >= 0.6 is 0 Å². The van der Waals surface area contributed by atoms with Gasteiger partial charge in [0.25, 0.3) is 0 Å².